The summed E-state index contributed by atoms with van der Waals surface area (Å²) >= 11 is 0. The molecule has 1 amide bonds. The molecule has 0 saturated carbocycles. The third-order valence-electron chi connectivity index (χ3n) is 7.25. The molecule has 1 N–H and O–H groups in total. The summed E-state index contributed by atoms with van der Waals surface area (Å²) < 4.78 is 2.49. The highest BCUT2D eigenvalue weighted by Gasteiger charge is 2.41. The number of carbonyl (C=O) groups excluding carboxylic acids is 1. The predicted octanol–water partition coefficient (Wildman–Crippen LogP) is 4.78. The van der Waals surface area contributed by atoms with E-state index in [0.717, 1.165) is 24.3 Å². The SMILES string of the molecule is CC(=O)N[C@@H](CCN1C2CCC1CC(n1c(C)nc3ccccc31)C2)c1ccccc1. The van der Waals surface area contributed by atoms with E-state index in [4.69, 9.17) is 4.98 Å². The third kappa shape index (κ3) is 3.99. The van der Waals surface area contributed by atoms with Crippen LogP contribution in [0.3, 0.4) is 0 Å². The summed E-state index contributed by atoms with van der Waals surface area (Å²) in [5.74, 6) is 1.17. The lowest BCUT2D eigenvalue weighted by molar-refractivity contribution is -0.119. The van der Waals surface area contributed by atoms with Crippen LogP contribution < -0.4 is 5.32 Å². The molecule has 0 spiro atoms. The van der Waals surface area contributed by atoms with Gasteiger partial charge in [0.1, 0.15) is 5.82 Å². The number of hydrogen-bond donors (Lipinski definition) is 1. The lowest BCUT2D eigenvalue weighted by atomic mass is 9.95. The molecular weight excluding hydrogens is 384 g/mol. The first kappa shape index (κ1) is 20.3. The summed E-state index contributed by atoms with van der Waals surface area (Å²) in [5.41, 5.74) is 3.57. The van der Waals surface area contributed by atoms with Crippen LogP contribution in [0, 0.1) is 6.92 Å². The maximum absolute atomic E-state index is 11.8. The first-order valence-electron chi connectivity index (χ1n) is 11.6. The number of imidazole rings is 1. The van der Waals surface area contributed by atoms with Gasteiger partial charge in [-0.1, -0.05) is 42.5 Å². The molecule has 3 heterocycles. The van der Waals surface area contributed by atoms with Gasteiger partial charge in [0.15, 0.2) is 0 Å². The van der Waals surface area contributed by atoms with Gasteiger partial charge in [0.25, 0.3) is 0 Å². The second kappa shape index (κ2) is 8.46. The molecule has 2 aromatic carbocycles. The summed E-state index contributed by atoms with van der Waals surface area (Å²) in [6.07, 6.45) is 5.89. The fourth-order valence-corrected chi connectivity index (χ4v) is 5.98. The Kier molecular flexibility index (Phi) is 5.53. The van der Waals surface area contributed by atoms with Crippen molar-refractivity contribution in [1.82, 2.24) is 19.8 Å². The molecule has 1 aromatic heterocycles. The van der Waals surface area contributed by atoms with Crippen LogP contribution in [0.15, 0.2) is 54.6 Å². The smallest absolute Gasteiger partial charge is 0.217 e. The quantitative estimate of drug-likeness (QED) is 0.629. The predicted molar refractivity (Wildman–Crippen MR) is 124 cm³/mol. The maximum atomic E-state index is 11.8. The number of para-hydroxylation sites is 2. The Morgan fingerprint density at radius 3 is 2.42 bits per heavy atom. The van der Waals surface area contributed by atoms with Gasteiger partial charge in [0.2, 0.25) is 5.91 Å². The van der Waals surface area contributed by atoms with Gasteiger partial charge in [-0.3, -0.25) is 9.69 Å². The molecule has 2 saturated heterocycles. The van der Waals surface area contributed by atoms with Crippen molar-refractivity contribution in [2.24, 2.45) is 0 Å². The number of aromatic nitrogens is 2. The highest BCUT2D eigenvalue weighted by atomic mass is 16.1. The van der Waals surface area contributed by atoms with Gasteiger partial charge in [-0.2, -0.15) is 0 Å². The number of fused-ring (bicyclic) bond motifs is 3. The zero-order chi connectivity index (χ0) is 21.4. The fourth-order valence-electron chi connectivity index (χ4n) is 5.98. The van der Waals surface area contributed by atoms with Crippen molar-refractivity contribution in [3.63, 3.8) is 0 Å². The minimum absolute atomic E-state index is 0.0398. The van der Waals surface area contributed by atoms with Crippen molar-refractivity contribution >= 4 is 16.9 Å². The van der Waals surface area contributed by atoms with Gasteiger partial charge in [-0.25, -0.2) is 4.98 Å². The monoisotopic (exact) mass is 416 g/mol. The van der Waals surface area contributed by atoms with E-state index in [9.17, 15) is 4.79 Å². The van der Waals surface area contributed by atoms with E-state index in [2.05, 4.69) is 70.2 Å². The van der Waals surface area contributed by atoms with Crippen molar-refractivity contribution < 1.29 is 4.79 Å². The van der Waals surface area contributed by atoms with Gasteiger partial charge < -0.3 is 9.88 Å². The first-order chi connectivity index (χ1) is 15.1. The van der Waals surface area contributed by atoms with Crippen molar-refractivity contribution in [1.29, 1.82) is 0 Å². The molecule has 3 aromatic rings. The molecule has 2 aliphatic rings. The van der Waals surface area contributed by atoms with E-state index >= 15 is 0 Å². The Hall–Kier alpha value is -2.66. The number of nitrogens with zero attached hydrogens (tertiary/aromatic N) is 3. The van der Waals surface area contributed by atoms with E-state index in [1.807, 2.05) is 6.07 Å². The molecule has 0 radical (unpaired) electrons. The summed E-state index contributed by atoms with van der Waals surface area (Å²) in [5, 5.41) is 3.17. The standard InChI is InChI=1S/C26H32N4O/c1-18-27-25-10-6-7-11-26(25)30(18)23-16-21-12-13-22(17-23)29(21)15-14-24(28-19(2)31)20-8-4-3-5-9-20/h3-11,21-24H,12-17H2,1-2H3,(H,28,31)/t21?,22?,23?,24-/m0/s1. The van der Waals surface area contributed by atoms with E-state index in [1.54, 1.807) is 6.92 Å². The van der Waals surface area contributed by atoms with Gasteiger partial charge >= 0.3 is 0 Å². The molecule has 2 fully saturated rings. The Bertz CT molecular complexity index is 1050. The summed E-state index contributed by atoms with van der Waals surface area (Å²) in [4.78, 5) is 19.3. The Morgan fingerprint density at radius 2 is 1.71 bits per heavy atom. The molecule has 5 nitrogen and oxygen atoms in total. The number of benzene rings is 2. The Morgan fingerprint density at radius 1 is 1.03 bits per heavy atom. The minimum atomic E-state index is 0.0398. The van der Waals surface area contributed by atoms with E-state index in [1.165, 1.54) is 36.8 Å². The van der Waals surface area contributed by atoms with Crippen molar-refractivity contribution in [2.45, 2.75) is 70.1 Å². The molecule has 2 aliphatic heterocycles. The highest BCUT2D eigenvalue weighted by Crippen LogP contribution is 2.42. The molecule has 3 atom stereocenters. The largest absolute Gasteiger partial charge is 0.349 e. The van der Waals surface area contributed by atoms with Crippen LogP contribution in [0.4, 0.5) is 0 Å². The van der Waals surface area contributed by atoms with Crippen LogP contribution in [0.1, 0.15) is 62.5 Å². The van der Waals surface area contributed by atoms with Gasteiger partial charge in [0, 0.05) is 31.6 Å². The molecule has 5 rings (SSSR count). The van der Waals surface area contributed by atoms with E-state index in [-0.39, 0.29) is 11.9 Å². The minimum Gasteiger partial charge on any atom is -0.349 e. The van der Waals surface area contributed by atoms with Crippen LogP contribution in [0.25, 0.3) is 11.0 Å². The maximum Gasteiger partial charge on any atom is 0.217 e. The number of carbonyl (C=O) groups is 1. The van der Waals surface area contributed by atoms with Crippen molar-refractivity contribution in [2.75, 3.05) is 6.54 Å². The zero-order valence-corrected chi connectivity index (χ0v) is 18.5. The zero-order valence-electron chi connectivity index (χ0n) is 18.5. The second-order valence-corrected chi connectivity index (χ2v) is 9.22. The number of aryl methyl sites for hydroxylation is 1. The van der Waals surface area contributed by atoms with Gasteiger partial charge in [-0.15, -0.1) is 0 Å². The highest BCUT2D eigenvalue weighted by molar-refractivity contribution is 5.76. The van der Waals surface area contributed by atoms with Gasteiger partial charge in [0.05, 0.1) is 17.1 Å². The average Bonchev–Trinajstić information content (AvgIpc) is 3.22. The topological polar surface area (TPSA) is 50.2 Å². The third-order valence-corrected chi connectivity index (χ3v) is 7.25. The first-order valence-corrected chi connectivity index (χ1v) is 11.6. The lowest BCUT2D eigenvalue weighted by Gasteiger charge is -2.40. The average molecular weight is 417 g/mol. The number of piperidine rings is 1. The second-order valence-electron chi connectivity index (χ2n) is 9.22. The summed E-state index contributed by atoms with van der Waals surface area (Å²) in [7, 11) is 0. The number of rotatable bonds is 6. The van der Waals surface area contributed by atoms with Gasteiger partial charge in [-0.05, 0) is 56.7 Å². The molecule has 2 unspecified atom stereocenters. The number of amides is 1. The van der Waals surface area contributed by atoms with Crippen LogP contribution in [-0.4, -0.2) is 39.0 Å². The molecular formula is C26H32N4O. The molecule has 0 aliphatic carbocycles. The normalized spacial score (nSPS) is 24.4. The molecule has 2 bridgehead atoms. The molecule has 162 valence electrons. The molecule has 31 heavy (non-hydrogen) atoms. The van der Waals surface area contributed by atoms with E-state index < -0.39 is 0 Å². The Balaban J connectivity index is 1.30. The van der Waals surface area contributed by atoms with Crippen LogP contribution in [0.5, 0.6) is 0 Å². The fraction of sp³-hybridized carbons (Fsp3) is 0.462. The summed E-state index contributed by atoms with van der Waals surface area (Å²) in [6, 6.07) is 20.8. The van der Waals surface area contributed by atoms with Crippen LogP contribution in [-0.2, 0) is 4.79 Å². The molecule has 5 heteroatoms. The number of nitrogens with one attached hydrogen (secondary N) is 1. The number of hydrogen-bond acceptors (Lipinski definition) is 3. The van der Waals surface area contributed by atoms with Crippen molar-refractivity contribution in [3.8, 4) is 0 Å². The van der Waals surface area contributed by atoms with Crippen molar-refractivity contribution in [3.05, 3.63) is 66.0 Å². The van der Waals surface area contributed by atoms with E-state index in [0.29, 0.717) is 18.1 Å². The van der Waals surface area contributed by atoms with Crippen LogP contribution >= 0.6 is 0 Å². The summed E-state index contributed by atoms with van der Waals surface area (Å²) in [6.45, 7) is 4.79. The Labute approximate surface area is 184 Å². The van der Waals surface area contributed by atoms with Crippen LogP contribution in [0.2, 0.25) is 0 Å². The lowest BCUT2D eigenvalue weighted by Crippen LogP contribution is -2.44.